The Hall–Kier alpha value is -2.68. The third kappa shape index (κ3) is 4.05. The lowest BCUT2D eigenvalue weighted by molar-refractivity contribution is -0.0424. The molecule has 5 heterocycles. The Morgan fingerprint density at radius 2 is 2.09 bits per heavy atom. The van der Waals surface area contributed by atoms with E-state index in [0.29, 0.717) is 31.3 Å². The minimum absolute atomic E-state index is 0.0418. The number of carbonyl (C=O) groups excluding carboxylic acids is 1. The molecule has 2 aliphatic rings. The van der Waals surface area contributed by atoms with Crippen LogP contribution >= 0.6 is 11.6 Å². The molecule has 5 rings (SSSR count). The van der Waals surface area contributed by atoms with Gasteiger partial charge in [-0.25, -0.2) is 9.78 Å². The second-order valence-electron chi connectivity index (χ2n) is 9.22. The van der Waals surface area contributed by atoms with Crippen LogP contribution < -0.4 is 0 Å². The van der Waals surface area contributed by atoms with Crippen LogP contribution in [0.4, 0.5) is 4.79 Å². The van der Waals surface area contributed by atoms with Gasteiger partial charge in [0.2, 0.25) is 0 Å². The van der Waals surface area contributed by atoms with Crippen LogP contribution in [0.15, 0.2) is 42.7 Å². The number of piperazine rings is 1. The maximum absolute atomic E-state index is 12.7. The molecular formula is C23H26ClN5O3. The number of aromatic nitrogens is 3. The van der Waals surface area contributed by atoms with Crippen LogP contribution in [0, 0.1) is 0 Å². The first-order valence-electron chi connectivity index (χ1n) is 10.7. The predicted octanol–water partition coefficient (Wildman–Crippen LogP) is 3.83. The molecule has 9 heteroatoms. The molecular weight excluding hydrogens is 430 g/mol. The molecule has 0 radical (unpaired) electrons. The summed E-state index contributed by atoms with van der Waals surface area (Å²) in [5, 5.41) is 0.589. The molecule has 168 valence electrons. The third-order valence-electron chi connectivity index (χ3n) is 5.64. The normalized spacial score (nSPS) is 21.3. The standard InChI is InChI=1S/C23H26ClN5O3/c1-23(2,3)32-22(30)29-16-11-27(13-20(29)31-14-16)12-18-21(17-8-7-15(24)10-25-17)26-19-6-4-5-9-28(18)19/h4-10,16,20H,11-14H2,1-3H3. The number of ether oxygens (including phenoxy) is 2. The second kappa shape index (κ2) is 8.03. The Morgan fingerprint density at radius 1 is 1.25 bits per heavy atom. The molecule has 0 spiro atoms. The molecule has 3 aromatic heterocycles. The molecule has 0 aromatic carbocycles. The minimum atomic E-state index is -0.537. The topological polar surface area (TPSA) is 72.2 Å². The van der Waals surface area contributed by atoms with E-state index in [-0.39, 0.29) is 18.4 Å². The highest BCUT2D eigenvalue weighted by atomic mass is 35.5. The fourth-order valence-corrected chi connectivity index (χ4v) is 4.45. The number of hydrogen-bond acceptors (Lipinski definition) is 6. The zero-order valence-electron chi connectivity index (χ0n) is 18.4. The number of carbonyl (C=O) groups is 1. The Bertz CT molecular complexity index is 1130. The number of halogens is 1. The van der Waals surface area contributed by atoms with E-state index in [2.05, 4.69) is 14.3 Å². The van der Waals surface area contributed by atoms with Gasteiger partial charge < -0.3 is 13.9 Å². The minimum Gasteiger partial charge on any atom is -0.444 e. The van der Waals surface area contributed by atoms with Crippen molar-refractivity contribution in [2.75, 3.05) is 19.7 Å². The Morgan fingerprint density at radius 3 is 2.81 bits per heavy atom. The van der Waals surface area contributed by atoms with Crippen LogP contribution in [0.1, 0.15) is 26.5 Å². The fraction of sp³-hybridized carbons (Fsp3) is 0.435. The molecule has 2 fully saturated rings. The molecule has 0 saturated carbocycles. The summed E-state index contributed by atoms with van der Waals surface area (Å²) in [4.78, 5) is 26.1. The van der Waals surface area contributed by atoms with Gasteiger partial charge in [-0.1, -0.05) is 17.7 Å². The summed E-state index contributed by atoms with van der Waals surface area (Å²) < 4.78 is 13.6. The van der Waals surface area contributed by atoms with Gasteiger partial charge in [0.25, 0.3) is 0 Å². The monoisotopic (exact) mass is 455 g/mol. The summed E-state index contributed by atoms with van der Waals surface area (Å²) in [5.74, 6) is 0. The van der Waals surface area contributed by atoms with Crippen LogP contribution in [0.25, 0.3) is 17.0 Å². The van der Waals surface area contributed by atoms with Crippen molar-refractivity contribution in [2.24, 2.45) is 0 Å². The van der Waals surface area contributed by atoms with Gasteiger partial charge in [-0.3, -0.25) is 14.8 Å². The lowest BCUT2D eigenvalue weighted by Crippen LogP contribution is -2.57. The lowest BCUT2D eigenvalue weighted by Gasteiger charge is -2.39. The van der Waals surface area contributed by atoms with E-state index in [1.165, 1.54) is 0 Å². The molecule has 1 amide bonds. The highest BCUT2D eigenvalue weighted by Crippen LogP contribution is 2.30. The molecule has 2 aliphatic heterocycles. The van der Waals surface area contributed by atoms with E-state index in [0.717, 1.165) is 22.7 Å². The number of nitrogens with zero attached hydrogens (tertiary/aromatic N) is 5. The molecule has 2 saturated heterocycles. The molecule has 2 atom stereocenters. The molecule has 0 N–H and O–H groups in total. The average molecular weight is 456 g/mol. The van der Waals surface area contributed by atoms with Crippen molar-refractivity contribution in [1.29, 1.82) is 0 Å². The summed E-state index contributed by atoms with van der Waals surface area (Å²) in [6, 6.07) is 9.62. The van der Waals surface area contributed by atoms with Gasteiger partial charge in [-0.05, 0) is 45.0 Å². The van der Waals surface area contributed by atoms with Crippen molar-refractivity contribution in [3.8, 4) is 11.4 Å². The van der Waals surface area contributed by atoms with E-state index < -0.39 is 5.60 Å². The highest BCUT2D eigenvalue weighted by Gasteiger charge is 2.45. The summed E-state index contributed by atoms with van der Waals surface area (Å²) >= 11 is 6.04. The molecule has 2 unspecified atom stereocenters. The maximum Gasteiger partial charge on any atom is 0.412 e. The fourth-order valence-electron chi connectivity index (χ4n) is 4.33. The van der Waals surface area contributed by atoms with E-state index in [1.54, 1.807) is 11.1 Å². The van der Waals surface area contributed by atoms with Crippen molar-refractivity contribution in [1.82, 2.24) is 24.2 Å². The first-order valence-corrected chi connectivity index (χ1v) is 11.1. The maximum atomic E-state index is 12.7. The van der Waals surface area contributed by atoms with Gasteiger partial charge >= 0.3 is 6.09 Å². The summed E-state index contributed by atoms with van der Waals surface area (Å²) in [7, 11) is 0. The van der Waals surface area contributed by atoms with E-state index in [9.17, 15) is 4.79 Å². The van der Waals surface area contributed by atoms with Gasteiger partial charge in [0.15, 0.2) is 0 Å². The number of pyridine rings is 2. The second-order valence-corrected chi connectivity index (χ2v) is 9.66. The van der Waals surface area contributed by atoms with Crippen molar-refractivity contribution in [3.05, 3.63) is 53.4 Å². The van der Waals surface area contributed by atoms with Crippen LogP contribution in [-0.4, -0.2) is 67.8 Å². The van der Waals surface area contributed by atoms with Gasteiger partial charge in [0.05, 0.1) is 29.1 Å². The number of hydrogen-bond donors (Lipinski definition) is 0. The molecule has 32 heavy (non-hydrogen) atoms. The average Bonchev–Trinajstić information content (AvgIpc) is 3.22. The zero-order valence-corrected chi connectivity index (χ0v) is 19.1. The van der Waals surface area contributed by atoms with E-state index in [4.69, 9.17) is 26.1 Å². The molecule has 2 bridgehead atoms. The number of fused-ring (bicyclic) bond motifs is 3. The molecule has 3 aromatic rings. The number of imidazole rings is 1. The number of rotatable bonds is 3. The third-order valence-corrected chi connectivity index (χ3v) is 5.87. The van der Waals surface area contributed by atoms with Crippen molar-refractivity contribution in [2.45, 2.75) is 45.2 Å². The zero-order chi connectivity index (χ0) is 22.5. The largest absolute Gasteiger partial charge is 0.444 e. The molecule has 0 aliphatic carbocycles. The predicted molar refractivity (Wildman–Crippen MR) is 120 cm³/mol. The Kier molecular flexibility index (Phi) is 5.31. The summed E-state index contributed by atoms with van der Waals surface area (Å²) in [6.45, 7) is 8.10. The quantitative estimate of drug-likeness (QED) is 0.597. The van der Waals surface area contributed by atoms with Crippen LogP contribution in [-0.2, 0) is 16.0 Å². The SMILES string of the molecule is CC(C)(C)OC(=O)N1C2COC1CN(Cc1c(-c3ccc(Cl)cn3)nc3ccccn13)C2. The van der Waals surface area contributed by atoms with Gasteiger partial charge in [-0.15, -0.1) is 0 Å². The summed E-state index contributed by atoms with van der Waals surface area (Å²) in [5.41, 5.74) is 2.97. The van der Waals surface area contributed by atoms with E-state index >= 15 is 0 Å². The van der Waals surface area contributed by atoms with Gasteiger partial charge in [0, 0.05) is 32.0 Å². The smallest absolute Gasteiger partial charge is 0.412 e. The van der Waals surface area contributed by atoms with Crippen molar-refractivity contribution in [3.63, 3.8) is 0 Å². The van der Waals surface area contributed by atoms with Crippen LogP contribution in [0.2, 0.25) is 5.02 Å². The Balaban J connectivity index is 1.41. The van der Waals surface area contributed by atoms with Gasteiger partial charge in [0.1, 0.15) is 23.2 Å². The Labute approximate surface area is 191 Å². The van der Waals surface area contributed by atoms with Crippen LogP contribution in [0.5, 0.6) is 0 Å². The first kappa shape index (κ1) is 21.2. The van der Waals surface area contributed by atoms with Gasteiger partial charge in [-0.2, -0.15) is 0 Å². The lowest BCUT2D eigenvalue weighted by atomic mass is 10.1. The van der Waals surface area contributed by atoms with Crippen molar-refractivity contribution >= 4 is 23.3 Å². The highest BCUT2D eigenvalue weighted by molar-refractivity contribution is 6.30. The van der Waals surface area contributed by atoms with Crippen LogP contribution in [0.3, 0.4) is 0 Å². The van der Waals surface area contributed by atoms with E-state index in [1.807, 2.05) is 57.3 Å². The summed E-state index contributed by atoms with van der Waals surface area (Å²) in [6.07, 6.45) is 3.02. The van der Waals surface area contributed by atoms with Crippen molar-refractivity contribution < 1.29 is 14.3 Å². The number of amides is 1. The molecule has 8 nitrogen and oxygen atoms in total. The first-order chi connectivity index (χ1) is 15.3.